The van der Waals surface area contributed by atoms with Gasteiger partial charge in [0.05, 0.1) is 11.8 Å². The second-order valence-electron chi connectivity index (χ2n) is 3.35. The third kappa shape index (κ3) is 1.04. The number of rotatable bonds is 1. The third-order valence-electron chi connectivity index (χ3n) is 2.39. The van der Waals surface area contributed by atoms with E-state index in [1.165, 1.54) is 12.8 Å². The van der Waals surface area contributed by atoms with Crippen molar-refractivity contribution in [3.63, 3.8) is 0 Å². The predicted molar refractivity (Wildman–Crippen MR) is 50.8 cm³/mol. The Morgan fingerprint density at radius 2 is 2.23 bits per heavy atom. The highest BCUT2D eigenvalue weighted by atomic mass is 35.5. The average Bonchev–Trinajstić information content (AvgIpc) is 2.87. The molecule has 1 saturated carbocycles. The molecule has 2 heterocycles. The first kappa shape index (κ1) is 7.33. The predicted octanol–water partition coefficient (Wildman–Crippen LogP) is 2.42. The van der Waals surface area contributed by atoms with Gasteiger partial charge in [0.25, 0.3) is 0 Å². The topological polar surface area (TPSA) is 30.7 Å². The molecule has 66 valence electrons. The lowest BCUT2D eigenvalue weighted by Crippen LogP contribution is -1.90. The molecule has 3 nitrogen and oxygen atoms in total. The fourth-order valence-electron chi connectivity index (χ4n) is 1.57. The lowest BCUT2D eigenvalue weighted by Gasteiger charge is -1.99. The Labute approximate surface area is 80.4 Å². The Morgan fingerprint density at radius 1 is 1.38 bits per heavy atom. The van der Waals surface area contributed by atoms with Gasteiger partial charge in [-0.05, 0) is 18.9 Å². The molecule has 0 N–H and O–H groups in total. The van der Waals surface area contributed by atoms with Crippen molar-refractivity contribution in [3.8, 4) is 0 Å². The summed E-state index contributed by atoms with van der Waals surface area (Å²) in [5.74, 6) is 0. The minimum Gasteiger partial charge on any atom is -0.327 e. The summed E-state index contributed by atoms with van der Waals surface area (Å²) in [4.78, 5) is 8.24. The van der Waals surface area contributed by atoms with Gasteiger partial charge >= 0.3 is 0 Å². The molecule has 0 bridgehead atoms. The summed E-state index contributed by atoms with van der Waals surface area (Å²) in [7, 11) is 0. The summed E-state index contributed by atoms with van der Waals surface area (Å²) < 4.78 is 2.18. The summed E-state index contributed by atoms with van der Waals surface area (Å²) >= 11 is 5.91. The van der Waals surface area contributed by atoms with Crippen LogP contribution >= 0.6 is 11.6 Å². The van der Waals surface area contributed by atoms with E-state index in [1.54, 1.807) is 6.20 Å². The monoisotopic (exact) mass is 193 g/mol. The van der Waals surface area contributed by atoms with Crippen LogP contribution in [-0.4, -0.2) is 14.5 Å². The Hall–Kier alpha value is -1.09. The van der Waals surface area contributed by atoms with Crippen molar-refractivity contribution >= 4 is 22.6 Å². The van der Waals surface area contributed by atoms with Crippen LogP contribution in [0.5, 0.6) is 0 Å². The van der Waals surface area contributed by atoms with E-state index >= 15 is 0 Å². The molecule has 3 rings (SSSR count). The van der Waals surface area contributed by atoms with Crippen LogP contribution in [0, 0.1) is 0 Å². The van der Waals surface area contributed by atoms with E-state index < -0.39 is 0 Å². The summed E-state index contributed by atoms with van der Waals surface area (Å²) in [6.07, 6.45) is 6.10. The zero-order chi connectivity index (χ0) is 8.84. The second-order valence-corrected chi connectivity index (χ2v) is 3.71. The highest BCUT2D eigenvalue weighted by molar-refractivity contribution is 6.33. The van der Waals surface area contributed by atoms with E-state index in [4.69, 9.17) is 11.6 Å². The van der Waals surface area contributed by atoms with Gasteiger partial charge in [-0.25, -0.2) is 9.97 Å². The standard InChI is InChI=1S/C9H8ClN3/c10-9-8-7(3-4-11-9)13(5-12-8)6-1-2-6/h3-6H,1-2H2. The number of aromatic nitrogens is 3. The van der Waals surface area contributed by atoms with Crippen molar-refractivity contribution in [2.45, 2.75) is 18.9 Å². The fourth-order valence-corrected chi connectivity index (χ4v) is 1.77. The van der Waals surface area contributed by atoms with Gasteiger partial charge in [0, 0.05) is 12.2 Å². The minimum absolute atomic E-state index is 0.497. The zero-order valence-electron chi connectivity index (χ0n) is 6.94. The first-order valence-electron chi connectivity index (χ1n) is 4.33. The summed E-state index contributed by atoms with van der Waals surface area (Å²) in [5, 5.41) is 0.497. The summed E-state index contributed by atoms with van der Waals surface area (Å²) in [5.41, 5.74) is 1.92. The van der Waals surface area contributed by atoms with Gasteiger partial charge in [-0.1, -0.05) is 11.6 Å². The molecule has 0 amide bonds. The SMILES string of the molecule is Clc1nccc2c1ncn2C1CC1. The van der Waals surface area contributed by atoms with E-state index in [0.29, 0.717) is 11.2 Å². The van der Waals surface area contributed by atoms with Gasteiger partial charge < -0.3 is 4.57 Å². The van der Waals surface area contributed by atoms with Gasteiger partial charge in [0.2, 0.25) is 0 Å². The van der Waals surface area contributed by atoms with E-state index in [1.807, 2.05) is 12.4 Å². The van der Waals surface area contributed by atoms with Crippen molar-refractivity contribution in [1.82, 2.24) is 14.5 Å². The van der Waals surface area contributed by atoms with Crippen molar-refractivity contribution in [1.29, 1.82) is 0 Å². The summed E-state index contributed by atoms with van der Waals surface area (Å²) in [6.45, 7) is 0. The van der Waals surface area contributed by atoms with Crippen molar-refractivity contribution in [2.24, 2.45) is 0 Å². The minimum atomic E-state index is 0.497. The number of fused-ring (bicyclic) bond motifs is 1. The average molecular weight is 194 g/mol. The lowest BCUT2D eigenvalue weighted by molar-refractivity contribution is 0.766. The zero-order valence-corrected chi connectivity index (χ0v) is 7.70. The Kier molecular flexibility index (Phi) is 1.38. The number of imidazole rings is 1. The van der Waals surface area contributed by atoms with Gasteiger partial charge in [-0.2, -0.15) is 0 Å². The van der Waals surface area contributed by atoms with Crippen LogP contribution in [0.3, 0.4) is 0 Å². The van der Waals surface area contributed by atoms with Crippen molar-refractivity contribution in [3.05, 3.63) is 23.7 Å². The van der Waals surface area contributed by atoms with Crippen LogP contribution in [0.2, 0.25) is 5.15 Å². The molecule has 13 heavy (non-hydrogen) atoms. The number of hydrogen-bond acceptors (Lipinski definition) is 2. The third-order valence-corrected chi connectivity index (χ3v) is 2.66. The van der Waals surface area contributed by atoms with Gasteiger partial charge in [-0.15, -0.1) is 0 Å². The Morgan fingerprint density at radius 3 is 3.00 bits per heavy atom. The van der Waals surface area contributed by atoms with Gasteiger partial charge in [-0.3, -0.25) is 0 Å². The number of halogens is 1. The Balaban J connectivity index is 2.32. The smallest absolute Gasteiger partial charge is 0.156 e. The summed E-state index contributed by atoms with van der Waals surface area (Å²) in [6, 6.07) is 2.61. The van der Waals surface area contributed by atoms with Crippen LogP contribution < -0.4 is 0 Å². The first-order chi connectivity index (χ1) is 6.36. The van der Waals surface area contributed by atoms with Crippen LogP contribution in [0.25, 0.3) is 11.0 Å². The second kappa shape index (κ2) is 2.45. The molecule has 0 aromatic carbocycles. The molecule has 4 heteroatoms. The molecule has 1 aliphatic carbocycles. The molecule has 0 saturated heterocycles. The first-order valence-corrected chi connectivity index (χ1v) is 4.71. The molecule has 0 aliphatic heterocycles. The molecule has 1 fully saturated rings. The number of nitrogens with zero attached hydrogens (tertiary/aromatic N) is 3. The van der Waals surface area contributed by atoms with E-state index in [0.717, 1.165) is 11.0 Å². The molecule has 0 radical (unpaired) electrons. The van der Waals surface area contributed by atoms with Crippen molar-refractivity contribution < 1.29 is 0 Å². The molecule has 0 unspecified atom stereocenters. The van der Waals surface area contributed by atoms with Crippen LogP contribution in [0.4, 0.5) is 0 Å². The molecule has 0 spiro atoms. The normalized spacial score (nSPS) is 16.7. The molecular formula is C9H8ClN3. The maximum Gasteiger partial charge on any atom is 0.156 e. The largest absolute Gasteiger partial charge is 0.327 e. The molecule has 1 aliphatic rings. The van der Waals surface area contributed by atoms with Crippen molar-refractivity contribution in [2.75, 3.05) is 0 Å². The van der Waals surface area contributed by atoms with E-state index in [9.17, 15) is 0 Å². The highest BCUT2D eigenvalue weighted by Crippen LogP contribution is 2.37. The fraction of sp³-hybridized carbons (Fsp3) is 0.333. The van der Waals surface area contributed by atoms with Crippen LogP contribution in [0.15, 0.2) is 18.6 Å². The highest BCUT2D eigenvalue weighted by Gasteiger charge is 2.25. The quantitative estimate of drug-likeness (QED) is 0.652. The van der Waals surface area contributed by atoms with Gasteiger partial charge in [0.1, 0.15) is 5.52 Å². The molecular weight excluding hydrogens is 186 g/mol. The molecule has 2 aromatic heterocycles. The number of hydrogen-bond donors (Lipinski definition) is 0. The van der Waals surface area contributed by atoms with E-state index in [-0.39, 0.29) is 0 Å². The maximum atomic E-state index is 5.91. The van der Waals surface area contributed by atoms with Crippen LogP contribution in [0.1, 0.15) is 18.9 Å². The van der Waals surface area contributed by atoms with Gasteiger partial charge in [0.15, 0.2) is 5.15 Å². The Bertz CT molecular complexity index is 459. The maximum absolute atomic E-state index is 5.91. The molecule has 0 atom stereocenters. The lowest BCUT2D eigenvalue weighted by atomic mass is 10.4. The molecule has 2 aromatic rings. The van der Waals surface area contributed by atoms with Crippen LogP contribution in [-0.2, 0) is 0 Å². The van der Waals surface area contributed by atoms with E-state index in [2.05, 4.69) is 14.5 Å². The number of pyridine rings is 1.